The molecule has 0 aliphatic carbocycles. The Morgan fingerprint density at radius 1 is 1.19 bits per heavy atom. The minimum absolute atomic E-state index is 0.0198. The van der Waals surface area contributed by atoms with Crippen LogP contribution >= 0.6 is 0 Å². The minimum Gasteiger partial charge on any atom is -0.435 e. The molecule has 144 valence electrons. The van der Waals surface area contributed by atoms with Gasteiger partial charge in [-0.05, 0) is 50.0 Å². The standard InChI is InChI=1S/C19H26F2N2O3/c20-19(21)26-17-6-4-5-14(9-17)18(25)23-11-15(16(12-23)13-24)10-22-7-2-1-3-8-22/h4-6,9,15-16,19,24H,1-3,7-8,10-13H2. The molecule has 2 fully saturated rings. The zero-order chi connectivity index (χ0) is 18.5. The summed E-state index contributed by atoms with van der Waals surface area (Å²) in [5.41, 5.74) is 0.332. The highest BCUT2D eigenvalue weighted by Gasteiger charge is 2.36. The van der Waals surface area contributed by atoms with Gasteiger partial charge in [0, 0.05) is 37.7 Å². The lowest BCUT2D eigenvalue weighted by Gasteiger charge is -2.30. The summed E-state index contributed by atoms with van der Waals surface area (Å²) in [4.78, 5) is 16.9. The molecular formula is C19H26F2N2O3. The van der Waals surface area contributed by atoms with Crippen molar-refractivity contribution in [2.75, 3.05) is 39.3 Å². The zero-order valence-corrected chi connectivity index (χ0v) is 14.8. The van der Waals surface area contributed by atoms with Gasteiger partial charge in [0.1, 0.15) is 5.75 Å². The number of nitrogens with zero attached hydrogens (tertiary/aromatic N) is 2. The van der Waals surface area contributed by atoms with Crippen molar-refractivity contribution in [3.8, 4) is 5.75 Å². The Balaban J connectivity index is 1.64. The van der Waals surface area contributed by atoms with Crippen molar-refractivity contribution in [3.63, 3.8) is 0 Å². The van der Waals surface area contributed by atoms with Crippen molar-refractivity contribution in [2.24, 2.45) is 11.8 Å². The number of alkyl halides is 2. The van der Waals surface area contributed by atoms with Crippen molar-refractivity contribution in [2.45, 2.75) is 25.9 Å². The van der Waals surface area contributed by atoms with E-state index in [2.05, 4.69) is 9.64 Å². The second-order valence-corrected chi connectivity index (χ2v) is 7.18. The number of aliphatic hydroxyl groups is 1. The number of carbonyl (C=O) groups excluding carboxylic acids is 1. The highest BCUT2D eigenvalue weighted by molar-refractivity contribution is 5.94. The number of benzene rings is 1. The van der Waals surface area contributed by atoms with Crippen LogP contribution < -0.4 is 4.74 Å². The molecule has 2 heterocycles. The van der Waals surface area contributed by atoms with E-state index in [1.54, 1.807) is 11.0 Å². The largest absolute Gasteiger partial charge is 0.435 e. The van der Waals surface area contributed by atoms with Crippen LogP contribution in [0.15, 0.2) is 24.3 Å². The van der Waals surface area contributed by atoms with E-state index in [9.17, 15) is 18.7 Å². The van der Waals surface area contributed by atoms with Crippen molar-refractivity contribution >= 4 is 5.91 Å². The number of amides is 1. The highest BCUT2D eigenvalue weighted by atomic mass is 19.3. The Hall–Kier alpha value is -1.73. The van der Waals surface area contributed by atoms with Crippen molar-refractivity contribution in [1.82, 2.24) is 9.80 Å². The molecule has 7 heteroatoms. The third-order valence-electron chi connectivity index (χ3n) is 5.35. The molecule has 1 amide bonds. The van der Waals surface area contributed by atoms with Gasteiger partial charge in [-0.2, -0.15) is 8.78 Å². The first-order valence-corrected chi connectivity index (χ1v) is 9.24. The van der Waals surface area contributed by atoms with Gasteiger partial charge >= 0.3 is 6.61 Å². The fraction of sp³-hybridized carbons (Fsp3) is 0.632. The molecule has 0 saturated carbocycles. The van der Waals surface area contributed by atoms with Crippen LogP contribution in [0.4, 0.5) is 8.78 Å². The maximum atomic E-state index is 12.8. The summed E-state index contributed by atoms with van der Waals surface area (Å²) in [5.74, 6) is 0.0712. The third kappa shape index (κ3) is 4.71. The van der Waals surface area contributed by atoms with Crippen LogP contribution in [-0.2, 0) is 0 Å². The maximum Gasteiger partial charge on any atom is 0.387 e. The number of rotatable bonds is 6. The summed E-state index contributed by atoms with van der Waals surface area (Å²) in [6, 6.07) is 5.89. The van der Waals surface area contributed by atoms with Gasteiger partial charge in [-0.1, -0.05) is 12.5 Å². The molecule has 2 unspecified atom stereocenters. The Morgan fingerprint density at radius 3 is 2.62 bits per heavy atom. The van der Waals surface area contributed by atoms with Crippen LogP contribution in [0.5, 0.6) is 5.75 Å². The zero-order valence-electron chi connectivity index (χ0n) is 14.8. The summed E-state index contributed by atoms with van der Waals surface area (Å²) in [5, 5.41) is 9.72. The molecule has 0 radical (unpaired) electrons. The van der Waals surface area contributed by atoms with E-state index >= 15 is 0 Å². The van der Waals surface area contributed by atoms with E-state index in [1.165, 1.54) is 37.5 Å². The molecular weight excluding hydrogens is 342 g/mol. The predicted molar refractivity (Wildman–Crippen MR) is 93.3 cm³/mol. The topological polar surface area (TPSA) is 53.0 Å². The summed E-state index contributed by atoms with van der Waals surface area (Å²) in [7, 11) is 0. The number of aliphatic hydroxyl groups excluding tert-OH is 1. The summed E-state index contributed by atoms with van der Waals surface area (Å²) in [6.45, 7) is 1.26. The molecule has 1 aromatic rings. The van der Waals surface area contributed by atoms with E-state index in [0.717, 1.165) is 19.6 Å². The third-order valence-corrected chi connectivity index (χ3v) is 5.35. The van der Waals surface area contributed by atoms with Crippen LogP contribution in [0, 0.1) is 11.8 Å². The second kappa shape index (κ2) is 8.77. The molecule has 0 bridgehead atoms. The molecule has 26 heavy (non-hydrogen) atoms. The SMILES string of the molecule is O=C(c1cccc(OC(F)F)c1)N1CC(CO)C(CN2CCCCC2)C1. The lowest BCUT2D eigenvalue weighted by atomic mass is 9.95. The van der Waals surface area contributed by atoms with Crippen LogP contribution in [0.2, 0.25) is 0 Å². The van der Waals surface area contributed by atoms with E-state index in [4.69, 9.17) is 0 Å². The Labute approximate surface area is 152 Å². The smallest absolute Gasteiger partial charge is 0.387 e. The van der Waals surface area contributed by atoms with Gasteiger partial charge in [0.25, 0.3) is 5.91 Å². The number of hydrogen-bond donors (Lipinski definition) is 1. The predicted octanol–water partition coefficient (Wildman–Crippen LogP) is 2.45. The maximum absolute atomic E-state index is 12.8. The van der Waals surface area contributed by atoms with E-state index in [-0.39, 0.29) is 30.1 Å². The molecule has 1 N–H and O–H groups in total. The van der Waals surface area contributed by atoms with Crippen LogP contribution in [0.3, 0.4) is 0 Å². The van der Waals surface area contributed by atoms with Crippen molar-refractivity contribution in [1.29, 1.82) is 0 Å². The number of piperidine rings is 1. The number of halogens is 2. The average molecular weight is 368 g/mol. The van der Waals surface area contributed by atoms with Crippen LogP contribution in [0.25, 0.3) is 0 Å². The molecule has 5 nitrogen and oxygen atoms in total. The lowest BCUT2D eigenvalue weighted by molar-refractivity contribution is -0.0499. The molecule has 1 aromatic carbocycles. The molecule has 2 atom stereocenters. The Kier molecular flexibility index (Phi) is 6.43. The van der Waals surface area contributed by atoms with Crippen LogP contribution in [0.1, 0.15) is 29.6 Å². The minimum atomic E-state index is -2.92. The molecule has 0 aromatic heterocycles. The fourth-order valence-corrected chi connectivity index (χ4v) is 3.98. The van der Waals surface area contributed by atoms with Gasteiger partial charge < -0.3 is 19.6 Å². The highest BCUT2D eigenvalue weighted by Crippen LogP contribution is 2.27. The Morgan fingerprint density at radius 2 is 1.92 bits per heavy atom. The van der Waals surface area contributed by atoms with E-state index < -0.39 is 6.61 Å². The monoisotopic (exact) mass is 368 g/mol. The number of hydrogen-bond acceptors (Lipinski definition) is 4. The normalized spacial score (nSPS) is 24.2. The van der Waals surface area contributed by atoms with Crippen molar-refractivity contribution in [3.05, 3.63) is 29.8 Å². The average Bonchev–Trinajstić information content (AvgIpc) is 3.04. The van der Waals surface area contributed by atoms with Crippen molar-refractivity contribution < 1.29 is 23.4 Å². The quantitative estimate of drug-likeness (QED) is 0.838. The Bertz CT molecular complexity index is 608. The van der Waals surface area contributed by atoms with E-state index in [1.807, 2.05) is 0 Å². The van der Waals surface area contributed by atoms with Gasteiger partial charge in [0.2, 0.25) is 0 Å². The van der Waals surface area contributed by atoms with Gasteiger partial charge in [-0.3, -0.25) is 4.79 Å². The lowest BCUT2D eigenvalue weighted by Crippen LogP contribution is -2.37. The van der Waals surface area contributed by atoms with E-state index in [0.29, 0.717) is 18.7 Å². The fourth-order valence-electron chi connectivity index (χ4n) is 3.98. The van der Waals surface area contributed by atoms with Gasteiger partial charge in [0.05, 0.1) is 0 Å². The summed E-state index contributed by atoms with van der Waals surface area (Å²) < 4.78 is 29.1. The molecule has 0 spiro atoms. The summed E-state index contributed by atoms with van der Waals surface area (Å²) in [6.07, 6.45) is 3.68. The summed E-state index contributed by atoms with van der Waals surface area (Å²) >= 11 is 0. The molecule has 2 aliphatic heterocycles. The second-order valence-electron chi connectivity index (χ2n) is 7.18. The van der Waals surface area contributed by atoms with Gasteiger partial charge in [-0.25, -0.2) is 0 Å². The molecule has 3 rings (SSSR count). The number of ether oxygens (including phenoxy) is 1. The molecule has 2 aliphatic rings. The molecule has 2 saturated heterocycles. The number of likely N-dealkylation sites (tertiary alicyclic amines) is 2. The first-order valence-electron chi connectivity index (χ1n) is 9.24. The van der Waals surface area contributed by atoms with Crippen LogP contribution in [-0.4, -0.2) is 66.8 Å². The first-order chi connectivity index (χ1) is 12.6. The number of carbonyl (C=O) groups is 1. The van der Waals surface area contributed by atoms with Gasteiger partial charge in [0.15, 0.2) is 0 Å². The van der Waals surface area contributed by atoms with Gasteiger partial charge in [-0.15, -0.1) is 0 Å². The first kappa shape index (κ1) is 19.0.